The summed E-state index contributed by atoms with van der Waals surface area (Å²) < 4.78 is 171. The molecule has 0 aliphatic rings. The van der Waals surface area contributed by atoms with Crippen LogP contribution in [0.5, 0.6) is 0 Å². The molecule has 0 aliphatic carbocycles. The number of carbonyl (C=O) groups is 1. The average molecular weight is 438 g/mol. The van der Waals surface area contributed by atoms with Crippen LogP contribution in [0.2, 0.25) is 0 Å². The second kappa shape index (κ2) is 8.08. The molecule has 162 valence electrons. The van der Waals surface area contributed by atoms with E-state index in [1.54, 1.807) is 6.92 Å². The van der Waals surface area contributed by atoms with Gasteiger partial charge in [0.1, 0.15) is 0 Å². The molecule has 0 unspecified atom stereocenters. The van der Waals surface area contributed by atoms with Gasteiger partial charge in [0.25, 0.3) is 0 Å². The van der Waals surface area contributed by atoms with Crippen molar-refractivity contribution in [3.05, 3.63) is 12.7 Å². The summed E-state index contributed by atoms with van der Waals surface area (Å²) in [5, 5.41) is 0. The van der Waals surface area contributed by atoms with Gasteiger partial charge in [0.15, 0.2) is 0 Å². The van der Waals surface area contributed by atoms with Crippen molar-refractivity contribution in [3.63, 3.8) is 0 Å². The highest BCUT2D eigenvalue weighted by molar-refractivity contribution is 5.81. The van der Waals surface area contributed by atoms with Crippen LogP contribution in [0.1, 0.15) is 6.92 Å². The molecule has 0 atom stereocenters. The largest absolute Gasteiger partial charge is 0.463 e. The van der Waals surface area contributed by atoms with Crippen LogP contribution in [0.3, 0.4) is 0 Å². The van der Waals surface area contributed by atoms with E-state index in [4.69, 9.17) is 0 Å². The number of alkyl halides is 14. The maximum Gasteiger partial charge on any atom is 0.460 e. The SMILES string of the molecule is C=CC(=O)OCC.FC(F)(F)C(F)(F)C(F)(F)C(F)(F)C(F)(F)C(F)(F)F. The quantitative estimate of drug-likeness (QED) is 0.327. The summed E-state index contributed by atoms with van der Waals surface area (Å²) >= 11 is 0. The van der Waals surface area contributed by atoms with E-state index in [2.05, 4.69) is 11.3 Å². The molecule has 0 aromatic heterocycles. The molecular formula is C11H8F14O2. The molecule has 0 fully saturated rings. The molecule has 2 nitrogen and oxygen atoms in total. The van der Waals surface area contributed by atoms with Crippen molar-refractivity contribution in [2.45, 2.75) is 43.0 Å². The van der Waals surface area contributed by atoms with E-state index in [9.17, 15) is 66.3 Å². The number of esters is 1. The van der Waals surface area contributed by atoms with Crippen LogP contribution in [-0.4, -0.2) is 48.6 Å². The topological polar surface area (TPSA) is 26.3 Å². The third kappa shape index (κ3) is 5.15. The van der Waals surface area contributed by atoms with E-state index in [-0.39, 0.29) is 5.97 Å². The highest BCUT2D eigenvalue weighted by Crippen LogP contribution is 2.60. The molecule has 0 N–H and O–H groups in total. The van der Waals surface area contributed by atoms with Crippen LogP contribution in [0.25, 0.3) is 0 Å². The van der Waals surface area contributed by atoms with Crippen LogP contribution in [0, 0.1) is 0 Å². The number of halogens is 14. The summed E-state index contributed by atoms with van der Waals surface area (Å²) in [7, 11) is 0. The molecule has 16 heteroatoms. The first kappa shape index (κ1) is 27.4. The van der Waals surface area contributed by atoms with Crippen molar-refractivity contribution >= 4 is 5.97 Å². The average Bonchev–Trinajstić information content (AvgIpc) is 2.45. The Kier molecular flexibility index (Phi) is 8.21. The van der Waals surface area contributed by atoms with Gasteiger partial charge in [0.05, 0.1) is 6.61 Å². The normalized spacial score (nSPS) is 14.2. The smallest absolute Gasteiger partial charge is 0.460 e. The molecule has 0 bridgehead atoms. The molecule has 0 rings (SSSR count). The number of carbonyl (C=O) groups excluding carboxylic acids is 1. The van der Waals surface area contributed by atoms with Gasteiger partial charge in [-0.05, 0) is 6.92 Å². The lowest BCUT2D eigenvalue weighted by atomic mass is 9.98. The minimum Gasteiger partial charge on any atom is -0.463 e. The van der Waals surface area contributed by atoms with Gasteiger partial charge in [-0.25, -0.2) is 4.79 Å². The maximum absolute atomic E-state index is 12.3. The Morgan fingerprint density at radius 3 is 1.07 bits per heavy atom. The first-order chi connectivity index (χ1) is 11.6. The maximum atomic E-state index is 12.3. The third-order valence-corrected chi connectivity index (χ3v) is 2.35. The Labute approximate surface area is 140 Å². The zero-order valence-electron chi connectivity index (χ0n) is 12.6. The Morgan fingerprint density at radius 1 is 0.704 bits per heavy atom. The summed E-state index contributed by atoms with van der Waals surface area (Å²) in [5.41, 5.74) is 0. The Bertz CT molecular complexity index is 480. The van der Waals surface area contributed by atoms with Crippen LogP contribution in [0.15, 0.2) is 12.7 Å². The summed E-state index contributed by atoms with van der Waals surface area (Å²) in [5.74, 6) is -32.1. The van der Waals surface area contributed by atoms with Gasteiger partial charge in [-0.1, -0.05) is 6.58 Å². The van der Waals surface area contributed by atoms with Crippen molar-refractivity contribution in [2.24, 2.45) is 0 Å². The molecule has 0 aromatic rings. The number of hydrogen-bond donors (Lipinski definition) is 0. The van der Waals surface area contributed by atoms with E-state index in [1.807, 2.05) is 0 Å². The molecule has 0 radical (unpaired) electrons. The highest BCUT2D eigenvalue weighted by atomic mass is 19.4. The Hall–Kier alpha value is -1.77. The van der Waals surface area contributed by atoms with Gasteiger partial charge >= 0.3 is 42.0 Å². The number of hydrogen-bond acceptors (Lipinski definition) is 2. The first-order valence-electron chi connectivity index (χ1n) is 6.00. The fourth-order valence-corrected chi connectivity index (χ4v) is 0.952. The van der Waals surface area contributed by atoms with Crippen molar-refractivity contribution in [2.75, 3.05) is 6.61 Å². The van der Waals surface area contributed by atoms with E-state index in [1.165, 1.54) is 0 Å². The standard InChI is InChI=1S/C6F14.C5H8O2/c7-1(8,3(11,12)5(15,16)17)2(9,10)4(13,14)6(18,19)20;1-3-5(6)7-4-2/h;3H,1,4H2,2H3. The first-order valence-corrected chi connectivity index (χ1v) is 6.00. The lowest BCUT2D eigenvalue weighted by Gasteiger charge is -2.37. The summed E-state index contributed by atoms with van der Waals surface area (Å²) in [6, 6.07) is 0. The fraction of sp³-hybridized carbons (Fsp3) is 0.727. The third-order valence-electron chi connectivity index (χ3n) is 2.35. The van der Waals surface area contributed by atoms with Crippen molar-refractivity contribution in [3.8, 4) is 0 Å². The Balaban J connectivity index is 0. The lowest BCUT2D eigenvalue weighted by Crippen LogP contribution is -2.69. The van der Waals surface area contributed by atoms with Gasteiger partial charge in [0, 0.05) is 6.08 Å². The van der Waals surface area contributed by atoms with Crippen LogP contribution in [0.4, 0.5) is 61.5 Å². The van der Waals surface area contributed by atoms with Gasteiger partial charge < -0.3 is 4.74 Å². The minimum absolute atomic E-state index is 0.359. The second-order valence-electron chi connectivity index (χ2n) is 4.25. The van der Waals surface area contributed by atoms with E-state index < -0.39 is 36.0 Å². The van der Waals surface area contributed by atoms with Crippen LogP contribution in [-0.2, 0) is 9.53 Å². The van der Waals surface area contributed by atoms with Crippen LogP contribution >= 0.6 is 0 Å². The molecule has 0 spiro atoms. The number of rotatable bonds is 5. The molecule has 0 saturated heterocycles. The van der Waals surface area contributed by atoms with Gasteiger partial charge in [-0.3, -0.25) is 0 Å². The highest BCUT2D eigenvalue weighted by Gasteiger charge is 2.91. The van der Waals surface area contributed by atoms with Gasteiger partial charge in [-0.2, -0.15) is 61.5 Å². The van der Waals surface area contributed by atoms with Crippen molar-refractivity contribution in [1.29, 1.82) is 0 Å². The molecule has 0 saturated carbocycles. The molecule has 27 heavy (non-hydrogen) atoms. The monoisotopic (exact) mass is 438 g/mol. The predicted molar refractivity (Wildman–Crippen MR) is 58.7 cm³/mol. The van der Waals surface area contributed by atoms with E-state index in [0.29, 0.717) is 6.61 Å². The van der Waals surface area contributed by atoms with Gasteiger partial charge in [0.2, 0.25) is 0 Å². The summed E-state index contributed by atoms with van der Waals surface area (Å²) in [6.07, 6.45) is -13.8. The molecule has 0 aliphatic heterocycles. The fourth-order valence-electron chi connectivity index (χ4n) is 0.952. The molecular weight excluding hydrogens is 430 g/mol. The predicted octanol–water partition coefficient (Wildman–Crippen LogP) is 5.39. The van der Waals surface area contributed by atoms with Crippen molar-refractivity contribution in [1.82, 2.24) is 0 Å². The van der Waals surface area contributed by atoms with E-state index in [0.717, 1.165) is 6.08 Å². The minimum atomic E-state index is -8.04. The summed E-state index contributed by atoms with van der Waals surface area (Å²) in [4.78, 5) is 10.1. The zero-order chi connectivity index (χ0) is 22.7. The molecule has 0 aromatic carbocycles. The van der Waals surface area contributed by atoms with Crippen LogP contribution < -0.4 is 0 Å². The molecule has 0 heterocycles. The van der Waals surface area contributed by atoms with E-state index >= 15 is 0 Å². The lowest BCUT2D eigenvalue weighted by molar-refractivity contribution is -0.451. The Morgan fingerprint density at radius 2 is 0.963 bits per heavy atom. The summed E-state index contributed by atoms with van der Waals surface area (Å²) in [6.45, 7) is 5.38. The second-order valence-corrected chi connectivity index (χ2v) is 4.25. The van der Waals surface area contributed by atoms with Gasteiger partial charge in [-0.15, -0.1) is 0 Å². The van der Waals surface area contributed by atoms with Crippen molar-refractivity contribution < 1.29 is 71.0 Å². The molecule has 0 amide bonds. The number of ether oxygens (including phenoxy) is 1. The zero-order valence-corrected chi connectivity index (χ0v) is 12.6.